The van der Waals surface area contributed by atoms with E-state index in [1.54, 1.807) is 13.0 Å². The van der Waals surface area contributed by atoms with Gasteiger partial charge >= 0.3 is 5.97 Å². The minimum atomic E-state index is -1.03. The molecule has 0 bridgehead atoms. The Balaban J connectivity index is 3.14. The minimum absolute atomic E-state index is 0.0243. The smallest absolute Gasteiger partial charge is 0.247 e. The van der Waals surface area contributed by atoms with E-state index in [1.807, 2.05) is 0 Å². The van der Waals surface area contributed by atoms with E-state index in [0.29, 0.717) is 0 Å². The van der Waals surface area contributed by atoms with Crippen LogP contribution in [0.25, 0.3) is 0 Å². The summed E-state index contributed by atoms with van der Waals surface area (Å²) >= 11 is 0. The van der Waals surface area contributed by atoms with Crippen molar-refractivity contribution in [2.75, 3.05) is 0 Å². The summed E-state index contributed by atoms with van der Waals surface area (Å²) in [6.07, 6.45) is 3.24. The summed E-state index contributed by atoms with van der Waals surface area (Å²) in [5.74, 6) is -1.03. The molecule has 0 amide bonds. The Hall–Kier alpha value is -0.790. The fourth-order valence-electron chi connectivity index (χ4n) is 0.214. The van der Waals surface area contributed by atoms with Crippen LogP contribution in [-0.2, 0) is 9.90 Å². The minimum Gasteiger partial charge on any atom is -0.247 e. The monoisotopic (exact) mass is 99.0 g/mol. The van der Waals surface area contributed by atoms with Crippen molar-refractivity contribution in [2.45, 2.75) is 13.3 Å². The molecule has 0 fully saturated rings. The summed E-state index contributed by atoms with van der Waals surface area (Å²) in [5.41, 5.74) is 0. The molecule has 0 rings (SSSR count). The van der Waals surface area contributed by atoms with Gasteiger partial charge in [0, 0.05) is 0 Å². The molecule has 0 aliphatic heterocycles. The first-order valence-corrected chi connectivity index (χ1v) is 2.08. The standard InChI is InChI=1S/C5H7O2/c1-2-3-4-5(6)7/h2-3H,4H2,1H3. The summed E-state index contributed by atoms with van der Waals surface area (Å²) in [7, 11) is 0. The highest BCUT2D eigenvalue weighted by molar-refractivity contribution is 5.68. The van der Waals surface area contributed by atoms with Crippen LogP contribution in [0, 0.1) is 0 Å². The Kier molecular flexibility index (Phi) is 3.02. The van der Waals surface area contributed by atoms with Crippen LogP contribution < -0.4 is 0 Å². The quantitative estimate of drug-likeness (QED) is 0.474. The van der Waals surface area contributed by atoms with Gasteiger partial charge in [-0.2, -0.15) is 0 Å². The van der Waals surface area contributed by atoms with Crippen molar-refractivity contribution >= 4 is 5.97 Å². The first-order chi connectivity index (χ1) is 3.27. The molecule has 0 saturated heterocycles. The van der Waals surface area contributed by atoms with Crippen molar-refractivity contribution in [1.29, 1.82) is 0 Å². The Bertz CT molecular complexity index is 84.1. The Labute approximate surface area is 42.5 Å². The average Bonchev–Trinajstić information content (AvgIpc) is 1.61. The van der Waals surface area contributed by atoms with Crippen molar-refractivity contribution < 1.29 is 9.90 Å². The fraction of sp³-hybridized carbons (Fsp3) is 0.400. The molecule has 0 atom stereocenters. The Morgan fingerprint density at radius 1 is 1.71 bits per heavy atom. The van der Waals surface area contributed by atoms with Crippen LogP contribution in [0.5, 0.6) is 0 Å². The molecule has 0 aromatic carbocycles. The predicted octanol–water partition coefficient (Wildman–Crippen LogP) is 0.910. The molecule has 0 aromatic rings. The van der Waals surface area contributed by atoms with E-state index in [4.69, 9.17) is 0 Å². The topological polar surface area (TPSA) is 37.0 Å². The zero-order valence-electron chi connectivity index (χ0n) is 4.18. The fourth-order valence-corrected chi connectivity index (χ4v) is 0.214. The Morgan fingerprint density at radius 2 is 2.29 bits per heavy atom. The first kappa shape index (κ1) is 6.21. The second-order valence-electron chi connectivity index (χ2n) is 1.15. The van der Waals surface area contributed by atoms with E-state index in [-0.39, 0.29) is 6.42 Å². The molecular formula is C5H7O2. The summed E-state index contributed by atoms with van der Waals surface area (Å²) in [6, 6.07) is 0. The van der Waals surface area contributed by atoms with Gasteiger partial charge in [-0.1, -0.05) is 12.2 Å². The van der Waals surface area contributed by atoms with Crippen molar-refractivity contribution in [1.82, 2.24) is 0 Å². The third-order valence-electron chi connectivity index (χ3n) is 0.520. The van der Waals surface area contributed by atoms with E-state index in [9.17, 15) is 9.90 Å². The molecule has 0 unspecified atom stereocenters. The van der Waals surface area contributed by atoms with E-state index >= 15 is 0 Å². The van der Waals surface area contributed by atoms with Crippen LogP contribution in [0.3, 0.4) is 0 Å². The molecule has 1 radical (unpaired) electrons. The van der Waals surface area contributed by atoms with Gasteiger partial charge in [0.15, 0.2) is 0 Å². The maximum Gasteiger partial charge on any atom is 0.359 e. The molecule has 0 aliphatic rings. The van der Waals surface area contributed by atoms with Crippen molar-refractivity contribution in [3.8, 4) is 0 Å². The van der Waals surface area contributed by atoms with Crippen LogP contribution in [0.1, 0.15) is 13.3 Å². The van der Waals surface area contributed by atoms with Gasteiger partial charge in [0.05, 0.1) is 6.42 Å². The number of hydrogen-bond donors (Lipinski definition) is 0. The van der Waals surface area contributed by atoms with Crippen molar-refractivity contribution in [3.63, 3.8) is 0 Å². The summed E-state index contributed by atoms with van der Waals surface area (Å²) in [6.45, 7) is 1.77. The molecule has 0 spiro atoms. The number of allylic oxidation sites excluding steroid dienone is 1. The van der Waals surface area contributed by atoms with Gasteiger partial charge in [0.2, 0.25) is 0 Å². The highest BCUT2D eigenvalue weighted by Gasteiger charge is 1.89. The normalized spacial score (nSPS) is 9.86. The van der Waals surface area contributed by atoms with Crippen LogP contribution in [-0.4, -0.2) is 5.97 Å². The van der Waals surface area contributed by atoms with E-state index < -0.39 is 5.97 Å². The summed E-state index contributed by atoms with van der Waals surface area (Å²) in [4.78, 5) is 9.60. The van der Waals surface area contributed by atoms with Crippen LogP contribution in [0.4, 0.5) is 0 Å². The van der Waals surface area contributed by atoms with Crippen molar-refractivity contribution in [2.24, 2.45) is 0 Å². The molecule has 39 valence electrons. The lowest BCUT2D eigenvalue weighted by Crippen LogP contribution is -1.86. The van der Waals surface area contributed by atoms with Crippen molar-refractivity contribution in [3.05, 3.63) is 12.2 Å². The van der Waals surface area contributed by atoms with Crippen LogP contribution >= 0.6 is 0 Å². The zero-order chi connectivity index (χ0) is 5.70. The molecule has 7 heavy (non-hydrogen) atoms. The Morgan fingerprint density at radius 3 is 2.43 bits per heavy atom. The molecule has 0 saturated carbocycles. The molecule has 2 nitrogen and oxygen atoms in total. The average molecular weight is 99.1 g/mol. The lowest BCUT2D eigenvalue weighted by Gasteiger charge is -1.72. The lowest BCUT2D eigenvalue weighted by molar-refractivity contribution is -0.142. The van der Waals surface area contributed by atoms with Gasteiger partial charge in [-0.3, -0.25) is 0 Å². The number of hydrogen-bond acceptors (Lipinski definition) is 1. The third-order valence-corrected chi connectivity index (χ3v) is 0.520. The second kappa shape index (κ2) is 3.40. The van der Waals surface area contributed by atoms with E-state index in [2.05, 4.69) is 0 Å². The number of rotatable bonds is 2. The zero-order valence-corrected chi connectivity index (χ0v) is 4.18. The highest BCUT2D eigenvalue weighted by atomic mass is 16.4. The van der Waals surface area contributed by atoms with Gasteiger partial charge < -0.3 is 0 Å². The van der Waals surface area contributed by atoms with Gasteiger partial charge in [0.1, 0.15) is 0 Å². The van der Waals surface area contributed by atoms with Gasteiger partial charge in [-0.05, 0) is 6.92 Å². The lowest BCUT2D eigenvalue weighted by atomic mass is 10.4. The number of carbonyl (C=O) groups is 1. The third kappa shape index (κ3) is 5.21. The first-order valence-electron chi connectivity index (χ1n) is 2.08. The van der Waals surface area contributed by atoms with Gasteiger partial charge in [0.25, 0.3) is 0 Å². The largest absolute Gasteiger partial charge is 0.359 e. The van der Waals surface area contributed by atoms with Gasteiger partial charge in [-0.25, -0.2) is 9.90 Å². The molecule has 0 aliphatic carbocycles. The summed E-state index contributed by atoms with van der Waals surface area (Å²) in [5, 5.41) is 9.60. The molecule has 2 heteroatoms. The van der Waals surface area contributed by atoms with Crippen LogP contribution in [0.15, 0.2) is 12.2 Å². The number of carbonyl (C=O) groups excluding carboxylic acids is 1. The SMILES string of the molecule is CC=CCC([O])=O. The maximum atomic E-state index is 9.60. The maximum absolute atomic E-state index is 9.60. The molecular weight excluding hydrogens is 92.1 g/mol. The van der Waals surface area contributed by atoms with E-state index in [1.165, 1.54) is 6.08 Å². The summed E-state index contributed by atoms with van der Waals surface area (Å²) < 4.78 is 0. The van der Waals surface area contributed by atoms with Crippen LogP contribution in [0.2, 0.25) is 0 Å². The molecule has 0 aromatic heterocycles. The molecule has 0 heterocycles. The predicted molar refractivity (Wildman–Crippen MR) is 25.1 cm³/mol. The van der Waals surface area contributed by atoms with Gasteiger partial charge in [-0.15, -0.1) is 0 Å². The van der Waals surface area contributed by atoms with E-state index in [0.717, 1.165) is 0 Å². The molecule has 0 N–H and O–H groups in total. The second-order valence-corrected chi connectivity index (χ2v) is 1.15. The highest BCUT2D eigenvalue weighted by Crippen LogP contribution is 1.79.